The lowest BCUT2D eigenvalue weighted by Crippen LogP contribution is -2.40. The highest BCUT2D eigenvalue weighted by Gasteiger charge is 2.43. The molecule has 3 rings (SSSR count). The van der Waals surface area contributed by atoms with Gasteiger partial charge in [0.15, 0.2) is 0 Å². The summed E-state index contributed by atoms with van der Waals surface area (Å²) in [6, 6.07) is 4.72. The fourth-order valence-electron chi connectivity index (χ4n) is 3.56. The standard InChI is InChI=1S/C21H18ClF7N2O/c1-2-31(13-6-4-12(23)5-7-13)17(32)10-14-15(20(24,25)26)11-16(21(27,28)29)18(22)19(14)30-8-3-9-30/h4-7,11H,2-3,8-10H2,1H3. The number of halogens is 8. The van der Waals surface area contributed by atoms with E-state index in [1.165, 1.54) is 17.0 Å². The second-order valence-corrected chi connectivity index (χ2v) is 7.62. The number of anilines is 2. The van der Waals surface area contributed by atoms with Gasteiger partial charge >= 0.3 is 12.4 Å². The topological polar surface area (TPSA) is 23.6 Å². The average molecular weight is 483 g/mol. The first-order chi connectivity index (χ1) is 14.8. The Morgan fingerprint density at radius 2 is 1.59 bits per heavy atom. The molecule has 3 nitrogen and oxygen atoms in total. The van der Waals surface area contributed by atoms with Crippen molar-refractivity contribution in [2.75, 3.05) is 29.4 Å². The van der Waals surface area contributed by atoms with Crippen LogP contribution in [0.15, 0.2) is 30.3 Å². The summed E-state index contributed by atoms with van der Waals surface area (Å²) in [7, 11) is 0. The molecule has 1 heterocycles. The molecule has 2 aromatic rings. The minimum Gasteiger partial charge on any atom is -0.370 e. The Balaban J connectivity index is 2.14. The van der Waals surface area contributed by atoms with Crippen LogP contribution in [-0.4, -0.2) is 25.5 Å². The van der Waals surface area contributed by atoms with Gasteiger partial charge < -0.3 is 9.80 Å². The van der Waals surface area contributed by atoms with E-state index in [9.17, 15) is 35.5 Å². The van der Waals surface area contributed by atoms with Gasteiger partial charge in [0.25, 0.3) is 0 Å². The van der Waals surface area contributed by atoms with Crippen LogP contribution in [0.4, 0.5) is 42.1 Å². The molecule has 0 unspecified atom stereocenters. The highest BCUT2D eigenvalue weighted by atomic mass is 35.5. The van der Waals surface area contributed by atoms with Crippen molar-refractivity contribution in [3.8, 4) is 0 Å². The van der Waals surface area contributed by atoms with Crippen LogP contribution >= 0.6 is 11.6 Å². The predicted molar refractivity (Wildman–Crippen MR) is 106 cm³/mol. The summed E-state index contributed by atoms with van der Waals surface area (Å²) in [5.41, 5.74) is -3.95. The number of benzene rings is 2. The van der Waals surface area contributed by atoms with Gasteiger partial charge in [0.05, 0.1) is 28.3 Å². The smallest absolute Gasteiger partial charge is 0.370 e. The van der Waals surface area contributed by atoms with Crippen LogP contribution < -0.4 is 9.80 Å². The zero-order valence-electron chi connectivity index (χ0n) is 16.7. The van der Waals surface area contributed by atoms with Gasteiger partial charge in [-0.1, -0.05) is 11.6 Å². The predicted octanol–water partition coefficient (Wildman–Crippen LogP) is 6.32. The van der Waals surface area contributed by atoms with Gasteiger partial charge in [-0.25, -0.2) is 4.39 Å². The molecule has 0 aliphatic carbocycles. The fourth-order valence-corrected chi connectivity index (χ4v) is 3.96. The monoisotopic (exact) mass is 482 g/mol. The maximum Gasteiger partial charge on any atom is 0.417 e. The summed E-state index contributed by atoms with van der Waals surface area (Å²) in [6.07, 6.45) is -10.5. The van der Waals surface area contributed by atoms with E-state index in [2.05, 4.69) is 0 Å². The number of likely N-dealkylation sites (N-methyl/N-ethyl adjacent to an activating group) is 1. The Morgan fingerprint density at radius 3 is 2.03 bits per heavy atom. The van der Waals surface area contributed by atoms with E-state index in [1.807, 2.05) is 0 Å². The van der Waals surface area contributed by atoms with Gasteiger partial charge in [-0.2, -0.15) is 26.3 Å². The van der Waals surface area contributed by atoms with E-state index in [1.54, 1.807) is 6.92 Å². The van der Waals surface area contributed by atoms with Crippen molar-refractivity contribution in [3.05, 3.63) is 57.9 Å². The number of hydrogen-bond donors (Lipinski definition) is 0. The number of carbonyl (C=O) groups is 1. The Hall–Kier alpha value is -2.49. The maximum atomic E-state index is 13.8. The average Bonchev–Trinajstić information content (AvgIpc) is 2.63. The van der Waals surface area contributed by atoms with Crippen molar-refractivity contribution in [2.24, 2.45) is 0 Å². The lowest BCUT2D eigenvalue weighted by atomic mass is 9.95. The molecular weight excluding hydrogens is 465 g/mol. The van der Waals surface area contributed by atoms with Crippen LogP contribution in [0.3, 0.4) is 0 Å². The first-order valence-corrected chi connectivity index (χ1v) is 10.0. The van der Waals surface area contributed by atoms with Gasteiger partial charge in [-0.15, -0.1) is 0 Å². The van der Waals surface area contributed by atoms with Gasteiger partial charge in [-0.05, 0) is 49.2 Å². The fraction of sp³-hybridized carbons (Fsp3) is 0.381. The Kier molecular flexibility index (Phi) is 6.65. The number of hydrogen-bond acceptors (Lipinski definition) is 2. The van der Waals surface area contributed by atoms with Crippen LogP contribution in [0.25, 0.3) is 0 Å². The van der Waals surface area contributed by atoms with Crippen LogP contribution in [0.2, 0.25) is 5.02 Å². The van der Waals surface area contributed by atoms with E-state index in [0.29, 0.717) is 6.42 Å². The molecule has 1 aliphatic rings. The molecule has 0 N–H and O–H groups in total. The molecular formula is C21H18ClF7N2O. The second kappa shape index (κ2) is 8.80. The van der Waals surface area contributed by atoms with E-state index in [4.69, 9.17) is 11.6 Å². The van der Waals surface area contributed by atoms with Crippen molar-refractivity contribution in [2.45, 2.75) is 32.1 Å². The SMILES string of the molecule is CCN(C(=O)Cc1c(C(F)(F)F)cc(C(F)(F)F)c(Cl)c1N1CCC1)c1ccc(F)cc1. The summed E-state index contributed by atoms with van der Waals surface area (Å²) in [5, 5.41) is -0.863. The molecule has 2 aromatic carbocycles. The second-order valence-electron chi connectivity index (χ2n) is 7.24. The van der Waals surface area contributed by atoms with Crippen LogP contribution in [0, 0.1) is 5.82 Å². The first kappa shape index (κ1) is 24.2. The zero-order valence-corrected chi connectivity index (χ0v) is 17.5. The van der Waals surface area contributed by atoms with Gasteiger partial charge in [0.2, 0.25) is 5.91 Å². The number of amides is 1. The van der Waals surface area contributed by atoms with Crippen LogP contribution in [0.5, 0.6) is 0 Å². The van der Waals surface area contributed by atoms with E-state index < -0.39 is 57.9 Å². The molecule has 0 radical (unpaired) electrons. The summed E-state index contributed by atoms with van der Waals surface area (Å²) >= 11 is 5.96. The van der Waals surface area contributed by atoms with Gasteiger partial charge in [0.1, 0.15) is 5.82 Å². The van der Waals surface area contributed by atoms with Crippen molar-refractivity contribution in [3.63, 3.8) is 0 Å². The molecule has 0 bridgehead atoms. The molecule has 1 aliphatic heterocycles. The lowest BCUT2D eigenvalue weighted by molar-refractivity contribution is -0.143. The maximum absolute atomic E-state index is 13.8. The number of nitrogens with zero attached hydrogens (tertiary/aromatic N) is 2. The van der Waals surface area contributed by atoms with Crippen molar-refractivity contribution < 1.29 is 35.5 Å². The summed E-state index contributed by atoms with van der Waals surface area (Å²) in [6.45, 7) is 2.06. The highest BCUT2D eigenvalue weighted by Crippen LogP contribution is 2.48. The molecule has 32 heavy (non-hydrogen) atoms. The van der Waals surface area contributed by atoms with E-state index >= 15 is 0 Å². The minimum atomic E-state index is -5.15. The van der Waals surface area contributed by atoms with Crippen molar-refractivity contribution in [1.82, 2.24) is 0 Å². The lowest BCUT2D eigenvalue weighted by Gasteiger charge is -2.37. The van der Waals surface area contributed by atoms with E-state index in [0.717, 1.165) is 17.0 Å². The molecule has 1 fully saturated rings. The largest absolute Gasteiger partial charge is 0.417 e. The first-order valence-electron chi connectivity index (χ1n) is 9.65. The Bertz CT molecular complexity index is 999. The van der Waals surface area contributed by atoms with Gasteiger partial charge in [-0.3, -0.25) is 4.79 Å². The Labute approximate surface area is 184 Å². The number of carbonyl (C=O) groups excluding carboxylic acids is 1. The zero-order chi connectivity index (χ0) is 23.8. The van der Waals surface area contributed by atoms with Gasteiger partial charge in [0, 0.05) is 25.3 Å². The Morgan fingerprint density at radius 1 is 1.03 bits per heavy atom. The van der Waals surface area contributed by atoms with Crippen LogP contribution in [-0.2, 0) is 23.6 Å². The quantitative estimate of drug-likeness (QED) is 0.465. The van der Waals surface area contributed by atoms with Crippen LogP contribution in [0.1, 0.15) is 30.0 Å². The third kappa shape index (κ3) is 4.79. The summed E-state index contributed by atoms with van der Waals surface area (Å²) in [5.74, 6) is -1.35. The number of alkyl halides is 6. The number of rotatable bonds is 5. The van der Waals surface area contributed by atoms with Crippen molar-refractivity contribution >= 4 is 28.9 Å². The third-order valence-electron chi connectivity index (χ3n) is 5.21. The summed E-state index contributed by atoms with van der Waals surface area (Å²) < 4.78 is 95.0. The molecule has 0 spiro atoms. The molecule has 0 atom stereocenters. The minimum absolute atomic E-state index is 0.0393. The third-order valence-corrected chi connectivity index (χ3v) is 5.59. The normalized spacial score (nSPS) is 14.3. The molecule has 0 saturated carbocycles. The summed E-state index contributed by atoms with van der Waals surface area (Å²) in [4.78, 5) is 15.4. The molecule has 1 amide bonds. The molecule has 1 saturated heterocycles. The molecule has 11 heteroatoms. The van der Waals surface area contributed by atoms with E-state index in [-0.39, 0.29) is 31.4 Å². The molecule has 0 aromatic heterocycles. The molecule has 174 valence electrons. The highest BCUT2D eigenvalue weighted by molar-refractivity contribution is 6.34. The van der Waals surface area contributed by atoms with Crippen molar-refractivity contribution in [1.29, 1.82) is 0 Å².